The first kappa shape index (κ1) is 19.5. The van der Waals surface area contributed by atoms with Crippen LogP contribution in [0.15, 0.2) is 47.7 Å². The first-order valence-electron chi connectivity index (χ1n) is 7.56. The van der Waals surface area contributed by atoms with Crippen molar-refractivity contribution in [1.82, 2.24) is 14.9 Å². The molecule has 2 rings (SSSR count). The second-order valence-electron chi connectivity index (χ2n) is 6.35. The van der Waals surface area contributed by atoms with Gasteiger partial charge in [0.05, 0.1) is 0 Å². The van der Waals surface area contributed by atoms with Crippen LogP contribution in [0.5, 0.6) is 0 Å². The average Bonchev–Trinajstić information content (AvgIpc) is 2.85. The van der Waals surface area contributed by atoms with Gasteiger partial charge in [-0.15, -0.1) is 24.0 Å². The highest BCUT2D eigenvalue weighted by Gasteiger charge is 2.09. The molecule has 0 bridgehead atoms. The Labute approximate surface area is 155 Å². The fourth-order valence-corrected chi connectivity index (χ4v) is 2.19. The smallest absolute Gasteiger partial charge is 0.188 e. The van der Waals surface area contributed by atoms with Gasteiger partial charge >= 0.3 is 0 Å². The molecule has 3 N–H and O–H groups in total. The Morgan fingerprint density at radius 3 is 2.61 bits per heavy atom. The van der Waals surface area contributed by atoms with Gasteiger partial charge in [-0.05, 0) is 26.3 Å². The summed E-state index contributed by atoms with van der Waals surface area (Å²) in [6, 6.07) is 10.4. The first-order valence-corrected chi connectivity index (χ1v) is 7.56. The zero-order valence-electron chi connectivity index (χ0n) is 14.0. The predicted molar refractivity (Wildman–Crippen MR) is 106 cm³/mol. The molecule has 23 heavy (non-hydrogen) atoms. The van der Waals surface area contributed by atoms with Crippen LogP contribution in [0.2, 0.25) is 0 Å². The number of nitrogens with zero attached hydrogens (tertiary/aromatic N) is 3. The second-order valence-corrected chi connectivity index (χ2v) is 6.35. The molecular weight excluding hydrogens is 401 g/mol. The standard InChI is InChI=1S/C17H25N5.HI/c1-17(2,3)21-16(18)20-10-9-15-19-11-12-22(15)13-14-7-5-4-6-8-14;/h4-8,11-12H,9-10,13H2,1-3H3,(H3,18,20,21);1H. The van der Waals surface area contributed by atoms with Crippen LogP contribution in [0.1, 0.15) is 32.2 Å². The molecule has 0 saturated heterocycles. The normalized spacial score (nSPS) is 11.9. The SMILES string of the molecule is CC(C)(C)NC(N)=NCCc1nccn1Cc1ccccc1.I. The van der Waals surface area contributed by atoms with E-state index in [0.717, 1.165) is 18.8 Å². The Morgan fingerprint density at radius 2 is 1.96 bits per heavy atom. The molecule has 0 aliphatic carbocycles. The van der Waals surface area contributed by atoms with Gasteiger partial charge < -0.3 is 15.6 Å². The van der Waals surface area contributed by atoms with Crippen molar-refractivity contribution >= 4 is 29.9 Å². The Bertz CT molecular complexity index is 613. The second kappa shape index (κ2) is 8.90. The van der Waals surface area contributed by atoms with E-state index in [0.29, 0.717) is 12.5 Å². The lowest BCUT2D eigenvalue weighted by Crippen LogP contribution is -2.45. The van der Waals surface area contributed by atoms with E-state index in [9.17, 15) is 0 Å². The molecule has 0 saturated carbocycles. The van der Waals surface area contributed by atoms with Gasteiger partial charge in [0, 0.05) is 37.4 Å². The van der Waals surface area contributed by atoms with E-state index in [4.69, 9.17) is 5.73 Å². The summed E-state index contributed by atoms with van der Waals surface area (Å²) >= 11 is 0. The lowest BCUT2D eigenvalue weighted by molar-refractivity contribution is 0.508. The third kappa shape index (κ3) is 7.02. The number of nitrogens with two attached hydrogens (primary N) is 1. The number of imidazole rings is 1. The molecule has 1 heterocycles. The van der Waals surface area contributed by atoms with Gasteiger partial charge in [0.15, 0.2) is 5.96 Å². The molecule has 0 spiro atoms. The highest BCUT2D eigenvalue weighted by atomic mass is 127. The number of aliphatic imine (C=N–C) groups is 1. The minimum Gasteiger partial charge on any atom is -0.370 e. The van der Waals surface area contributed by atoms with Crippen LogP contribution in [0.4, 0.5) is 0 Å². The molecule has 0 atom stereocenters. The fourth-order valence-electron chi connectivity index (χ4n) is 2.19. The van der Waals surface area contributed by atoms with Gasteiger partial charge in [-0.1, -0.05) is 30.3 Å². The van der Waals surface area contributed by atoms with E-state index in [1.807, 2.05) is 18.5 Å². The van der Waals surface area contributed by atoms with E-state index in [2.05, 4.69) is 64.9 Å². The Hall–Kier alpha value is -1.57. The number of hydrogen-bond acceptors (Lipinski definition) is 2. The summed E-state index contributed by atoms with van der Waals surface area (Å²) in [4.78, 5) is 8.78. The van der Waals surface area contributed by atoms with Crippen molar-refractivity contribution in [3.63, 3.8) is 0 Å². The molecule has 0 aliphatic rings. The third-order valence-corrected chi connectivity index (χ3v) is 3.12. The summed E-state index contributed by atoms with van der Waals surface area (Å²) < 4.78 is 2.15. The summed E-state index contributed by atoms with van der Waals surface area (Å²) in [6.07, 6.45) is 4.61. The molecule has 1 aromatic heterocycles. The molecule has 0 amide bonds. The largest absolute Gasteiger partial charge is 0.370 e. The maximum absolute atomic E-state index is 5.87. The van der Waals surface area contributed by atoms with Crippen LogP contribution in [-0.4, -0.2) is 27.6 Å². The fraction of sp³-hybridized carbons (Fsp3) is 0.412. The zero-order chi connectivity index (χ0) is 16.0. The van der Waals surface area contributed by atoms with Crippen molar-refractivity contribution in [2.75, 3.05) is 6.54 Å². The molecule has 5 nitrogen and oxygen atoms in total. The summed E-state index contributed by atoms with van der Waals surface area (Å²) in [5, 5.41) is 3.15. The molecule has 0 radical (unpaired) electrons. The van der Waals surface area contributed by atoms with Gasteiger partial charge in [0.1, 0.15) is 5.82 Å². The van der Waals surface area contributed by atoms with E-state index in [-0.39, 0.29) is 29.5 Å². The highest BCUT2D eigenvalue weighted by Crippen LogP contribution is 2.06. The molecule has 126 valence electrons. The summed E-state index contributed by atoms with van der Waals surface area (Å²) in [5.74, 6) is 1.50. The van der Waals surface area contributed by atoms with E-state index in [1.165, 1.54) is 5.56 Å². The van der Waals surface area contributed by atoms with Gasteiger partial charge in [-0.25, -0.2) is 4.98 Å². The molecule has 0 unspecified atom stereocenters. The van der Waals surface area contributed by atoms with E-state index >= 15 is 0 Å². The molecule has 0 aliphatic heterocycles. The summed E-state index contributed by atoms with van der Waals surface area (Å²) in [6.45, 7) is 7.63. The van der Waals surface area contributed by atoms with Crippen molar-refractivity contribution in [3.8, 4) is 0 Å². The number of nitrogens with one attached hydrogen (secondary N) is 1. The number of benzene rings is 1. The number of guanidine groups is 1. The molecular formula is C17H26IN5. The van der Waals surface area contributed by atoms with E-state index in [1.54, 1.807) is 0 Å². The molecule has 0 fully saturated rings. The Kier molecular flexibility index (Phi) is 7.54. The maximum Gasteiger partial charge on any atom is 0.188 e. The van der Waals surface area contributed by atoms with Crippen LogP contribution >= 0.6 is 24.0 Å². The minimum absolute atomic E-state index is 0. The van der Waals surface area contributed by atoms with Crippen LogP contribution in [-0.2, 0) is 13.0 Å². The third-order valence-electron chi connectivity index (χ3n) is 3.12. The number of halogens is 1. The van der Waals surface area contributed by atoms with Crippen molar-refractivity contribution in [3.05, 3.63) is 54.1 Å². The lowest BCUT2D eigenvalue weighted by atomic mass is 10.1. The minimum atomic E-state index is -0.0701. The summed E-state index contributed by atoms with van der Waals surface area (Å²) in [5.41, 5.74) is 7.07. The van der Waals surface area contributed by atoms with Crippen LogP contribution in [0.3, 0.4) is 0 Å². The number of hydrogen-bond donors (Lipinski definition) is 2. The van der Waals surface area contributed by atoms with Gasteiger partial charge in [0.25, 0.3) is 0 Å². The number of aromatic nitrogens is 2. The quantitative estimate of drug-likeness (QED) is 0.438. The van der Waals surface area contributed by atoms with Gasteiger partial charge in [-0.2, -0.15) is 0 Å². The summed E-state index contributed by atoms with van der Waals surface area (Å²) in [7, 11) is 0. The molecule has 1 aromatic carbocycles. The zero-order valence-corrected chi connectivity index (χ0v) is 16.3. The Balaban J connectivity index is 0.00000264. The van der Waals surface area contributed by atoms with Gasteiger partial charge in [-0.3, -0.25) is 4.99 Å². The highest BCUT2D eigenvalue weighted by molar-refractivity contribution is 14.0. The van der Waals surface area contributed by atoms with Crippen LogP contribution in [0, 0.1) is 0 Å². The topological polar surface area (TPSA) is 68.2 Å². The molecule has 2 aromatic rings. The van der Waals surface area contributed by atoms with Crippen molar-refractivity contribution in [2.24, 2.45) is 10.7 Å². The van der Waals surface area contributed by atoms with Crippen molar-refractivity contribution in [1.29, 1.82) is 0 Å². The van der Waals surface area contributed by atoms with Crippen LogP contribution in [0.25, 0.3) is 0 Å². The van der Waals surface area contributed by atoms with Crippen LogP contribution < -0.4 is 11.1 Å². The van der Waals surface area contributed by atoms with Crippen molar-refractivity contribution in [2.45, 2.75) is 39.3 Å². The van der Waals surface area contributed by atoms with Gasteiger partial charge in [0.2, 0.25) is 0 Å². The first-order chi connectivity index (χ1) is 10.4. The average molecular weight is 427 g/mol. The number of rotatable bonds is 5. The predicted octanol–water partition coefficient (Wildman–Crippen LogP) is 2.79. The van der Waals surface area contributed by atoms with Crippen molar-refractivity contribution < 1.29 is 0 Å². The Morgan fingerprint density at radius 1 is 1.26 bits per heavy atom. The van der Waals surface area contributed by atoms with E-state index < -0.39 is 0 Å². The maximum atomic E-state index is 5.87. The lowest BCUT2D eigenvalue weighted by Gasteiger charge is -2.20. The monoisotopic (exact) mass is 427 g/mol. The molecule has 6 heteroatoms.